The number of allylic oxidation sites excluding steroid dienone is 1. The average Bonchev–Trinajstić information content (AvgIpc) is 1.87. The maximum absolute atomic E-state index is 3.10. The maximum Gasteiger partial charge on any atom is 0.0447 e. The van der Waals surface area contributed by atoms with Crippen LogP contribution >= 0.6 is 0 Å². The van der Waals surface area contributed by atoms with Gasteiger partial charge < -0.3 is 5.43 Å². The molecule has 1 rings (SSSR count). The average molecular weight is 97.1 g/mol. The molecule has 0 aromatic carbocycles. The van der Waals surface area contributed by atoms with Gasteiger partial charge in [-0.15, -0.1) is 0 Å². The Morgan fingerprint density at radius 3 is 2.71 bits per heavy atom. The molecule has 0 saturated heterocycles. The molecule has 0 bridgehead atoms. The second-order valence-electron chi connectivity index (χ2n) is 1.77. The summed E-state index contributed by atoms with van der Waals surface area (Å²) >= 11 is 0. The van der Waals surface area contributed by atoms with Crippen LogP contribution in [0.4, 0.5) is 0 Å². The van der Waals surface area contributed by atoms with Crippen LogP contribution in [0.1, 0.15) is 6.92 Å². The molecule has 2 nitrogen and oxygen atoms in total. The number of rotatable bonds is 0. The van der Waals surface area contributed by atoms with Crippen molar-refractivity contribution in [2.75, 3.05) is 13.6 Å². The van der Waals surface area contributed by atoms with Crippen LogP contribution in [0.2, 0.25) is 0 Å². The van der Waals surface area contributed by atoms with Gasteiger partial charge in [-0.05, 0) is 13.0 Å². The Hall–Kier alpha value is -0.500. The van der Waals surface area contributed by atoms with Gasteiger partial charge in [-0.1, -0.05) is 0 Å². The number of hydrogen-bond donors (Lipinski definition) is 1. The minimum Gasteiger partial charge on any atom is -0.323 e. The van der Waals surface area contributed by atoms with E-state index in [1.54, 1.807) is 0 Å². The van der Waals surface area contributed by atoms with Gasteiger partial charge in [-0.2, -0.15) is 0 Å². The summed E-state index contributed by atoms with van der Waals surface area (Å²) < 4.78 is 0. The van der Waals surface area contributed by atoms with Gasteiger partial charge in [-0.3, -0.25) is 0 Å². The number of nitrogens with zero attached hydrogens (tertiary/aromatic N) is 1. The molecule has 0 aromatic rings. The topological polar surface area (TPSA) is 15.3 Å². The zero-order valence-corrected chi connectivity index (χ0v) is 4.65. The molecule has 0 aromatic heterocycles. The number of hydrogen-bond acceptors (Lipinski definition) is 2. The Bertz CT molecular complexity index is 96.3. The molecule has 0 saturated carbocycles. The quantitative estimate of drug-likeness (QED) is 0.462. The van der Waals surface area contributed by atoms with Crippen molar-refractivity contribution in [2.24, 2.45) is 0 Å². The fourth-order valence-electron chi connectivity index (χ4n) is 0.603. The molecule has 1 heterocycles. The molecule has 0 spiro atoms. The molecule has 2 heteroatoms. The lowest BCUT2D eigenvalue weighted by Gasteiger charge is -2.07. The van der Waals surface area contributed by atoms with Crippen LogP contribution in [0.25, 0.3) is 0 Å². The normalized spacial score (nSPS) is 21.7. The fraction of sp³-hybridized carbons (Fsp3) is 0.600. The highest BCUT2D eigenvalue weighted by molar-refractivity contribution is 4.93. The van der Waals surface area contributed by atoms with Gasteiger partial charge in [0.1, 0.15) is 0 Å². The van der Waals surface area contributed by atoms with Gasteiger partial charge in [0.2, 0.25) is 0 Å². The summed E-state index contributed by atoms with van der Waals surface area (Å²) in [7, 11) is 1.99. The van der Waals surface area contributed by atoms with Gasteiger partial charge in [0.05, 0.1) is 0 Å². The lowest BCUT2D eigenvalue weighted by molar-refractivity contribution is 0.321. The van der Waals surface area contributed by atoms with E-state index in [0.29, 0.717) is 0 Å². The summed E-state index contributed by atoms with van der Waals surface area (Å²) in [4.78, 5) is 0. The van der Waals surface area contributed by atoms with Crippen molar-refractivity contribution < 1.29 is 0 Å². The van der Waals surface area contributed by atoms with Crippen molar-refractivity contribution in [3.8, 4) is 0 Å². The van der Waals surface area contributed by atoms with Gasteiger partial charge in [-0.25, -0.2) is 5.01 Å². The zero-order valence-electron chi connectivity index (χ0n) is 4.65. The third-order valence-electron chi connectivity index (χ3n) is 0.940. The van der Waals surface area contributed by atoms with Crippen LogP contribution in [-0.4, -0.2) is 18.6 Å². The molecule has 1 aliphatic heterocycles. The van der Waals surface area contributed by atoms with Crippen LogP contribution in [0.3, 0.4) is 0 Å². The number of hydrazine groups is 1. The second kappa shape index (κ2) is 1.54. The minimum absolute atomic E-state index is 0.909. The van der Waals surface area contributed by atoms with Crippen molar-refractivity contribution in [1.29, 1.82) is 0 Å². The molecule has 1 aliphatic rings. The molecule has 39 valence electrons. The lowest BCUT2D eigenvalue weighted by atomic mass is 10.5. The number of likely N-dealkylation sites (N-methyl/N-ethyl adjacent to an activating group) is 1. The predicted molar refractivity (Wildman–Crippen MR) is 28.2 cm³/mol. The van der Waals surface area contributed by atoms with Gasteiger partial charge >= 0.3 is 0 Å². The predicted octanol–water partition coefficient (Wildman–Crippen LogP) is 0.143. The molecular formula is C5H9N2. The van der Waals surface area contributed by atoms with Crippen molar-refractivity contribution in [3.63, 3.8) is 0 Å². The molecule has 0 fully saturated rings. The van der Waals surface area contributed by atoms with Gasteiger partial charge in [0, 0.05) is 19.3 Å². The van der Waals surface area contributed by atoms with E-state index in [-0.39, 0.29) is 0 Å². The Morgan fingerprint density at radius 2 is 2.57 bits per heavy atom. The molecule has 0 atom stereocenters. The van der Waals surface area contributed by atoms with Crippen molar-refractivity contribution in [2.45, 2.75) is 6.92 Å². The van der Waals surface area contributed by atoms with E-state index in [4.69, 9.17) is 0 Å². The largest absolute Gasteiger partial charge is 0.323 e. The molecule has 0 amide bonds. The van der Waals surface area contributed by atoms with Gasteiger partial charge in [0.25, 0.3) is 0 Å². The number of nitrogens with one attached hydrogen (secondary N) is 1. The summed E-state index contributed by atoms with van der Waals surface area (Å²) in [5.74, 6) is 0. The smallest absolute Gasteiger partial charge is 0.0447 e. The van der Waals surface area contributed by atoms with Crippen molar-refractivity contribution >= 4 is 0 Å². The minimum atomic E-state index is 0.909. The lowest BCUT2D eigenvalue weighted by Crippen LogP contribution is -2.26. The zero-order chi connectivity index (χ0) is 5.28. The highest BCUT2D eigenvalue weighted by atomic mass is 15.5. The van der Waals surface area contributed by atoms with Crippen molar-refractivity contribution in [3.05, 3.63) is 11.8 Å². The third-order valence-corrected chi connectivity index (χ3v) is 0.940. The summed E-state index contributed by atoms with van der Waals surface area (Å²) in [6, 6.07) is 0. The van der Waals surface area contributed by atoms with Gasteiger partial charge in [0.15, 0.2) is 0 Å². The first-order valence-electron chi connectivity index (χ1n) is 2.34. The third kappa shape index (κ3) is 0.933. The first kappa shape index (κ1) is 4.65. The highest BCUT2D eigenvalue weighted by Gasteiger charge is 2.01. The Labute approximate surface area is 43.8 Å². The molecule has 1 radical (unpaired) electrons. The summed E-state index contributed by atoms with van der Waals surface area (Å²) in [6.45, 7) is 2.91. The van der Waals surface area contributed by atoms with Crippen LogP contribution in [-0.2, 0) is 0 Å². The first-order chi connectivity index (χ1) is 3.29. The fourth-order valence-corrected chi connectivity index (χ4v) is 0.603. The van der Waals surface area contributed by atoms with E-state index in [1.807, 2.05) is 19.0 Å². The second-order valence-corrected chi connectivity index (χ2v) is 1.77. The Balaban J connectivity index is 2.42. The summed E-state index contributed by atoms with van der Waals surface area (Å²) in [6.07, 6.45) is 3.10. The molecule has 0 aliphatic carbocycles. The molecular weight excluding hydrogens is 88.1 g/mol. The van der Waals surface area contributed by atoms with E-state index >= 15 is 0 Å². The van der Waals surface area contributed by atoms with E-state index in [9.17, 15) is 0 Å². The first-order valence-corrected chi connectivity index (χ1v) is 2.34. The SMILES string of the molecule is CC1=[C]CN(C)N1. The highest BCUT2D eigenvalue weighted by Crippen LogP contribution is 1.94. The summed E-state index contributed by atoms with van der Waals surface area (Å²) in [5, 5.41) is 1.98. The van der Waals surface area contributed by atoms with Crippen LogP contribution in [0.5, 0.6) is 0 Å². The van der Waals surface area contributed by atoms with Crippen LogP contribution < -0.4 is 5.43 Å². The van der Waals surface area contributed by atoms with E-state index in [1.165, 1.54) is 0 Å². The molecule has 0 unspecified atom stereocenters. The van der Waals surface area contributed by atoms with Crippen LogP contribution in [0, 0.1) is 6.08 Å². The van der Waals surface area contributed by atoms with E-state index in [2.05, 4.69) is 11.5 Å². The monoisotopic (exact) mass is 97.1 g/mol. The standard InChI is InChI=1S/C5H9N2/c1-5-3-4-7(2)6-5/h6H,4H2,1-2H3. The molecule has 7 heavy (non-hydrogen) atoms. The Morgan fingerprint density at radius 1 is 1.86 bits per heavy atom. The maximum atomic E-state index is 3.10. The van der Waals surface area contributed by atoms with E-state index < -0.39 is 0 Å². The van der Waals surface area contributed by atoms with E-state index in [0.717, 1.165) is 12.2 Å². The van der Waals surface area contributed by atoms with Crippen LogP contribution in [0.15, 0.2) is 5.70 Å². The summed E-state index contributed by atoms with van der Waals surface area (Å²) in [5.41, 5.74) is 4.18. The van der Waals surface area contributed by atoms with Crippen molar-refractivity contribution in [1.82, 2.24) is 10.4 Å². The Kier molecular flexibility index (Phi) is 1.02. The molecule has 1 N–H and O–H groups in total.